The summed E-state index contributed by atoms with van der Waals surface area (Å²) in [6, 6.07) is 0. The molecule has 6 rings (SSSR count). The third-order valence-corrected chi connectivity index (χ3v) is 10.0. The van der Waals surface area contributed by atoms with E-state index in [-0.39, 0.29) is 0 Å². The van der Waals surface area contributed by atoms with Gasteiger partial charge in [0.05, 0.1) is 0 Å². The Labute approximate surface area is 178 Å². The van der Waals surface area contributed by atoms with Crippen molar-refractivity contribution < 1.29 is 17.0 Å². The summed E-state index contributed by atoms with van der Waals surface area (Å²) in [7, 11) is 9.78. The second-order valence-electron chi connectivity index (χ2n) is 10.7. The summed E-state index contributed by atoms with van der Waals surface area (Å²) in [6.45, 7) is 7.68. The van der Waals surface area contributed by atoms with Crippen LogP contribution >= 0.6 is 18.6 Å². The van der Waals surface area contributed by atoms with Gasteiger partial charge in [0, 0.05) is 0 Å². The molecule has 0 nitrogen and oxygen atoms in total. The van der Waals surface area contributed by atoms with Crippen molar-refractivity contribution in [2.45, 2.75) is 91.4 Å². The molecule has 0 saturated heterocycles. The number of hydrogen-bond donors (Lipinski definition) is 0. The maximum atomic E-state index is 4.89. The van der Waals surface area contributed by atoms with Crippen LogP contribution in [0, 0.1) is 52.3 Å². The van der Waals surface area contributed by atoms with Crippen LogP contribution in [0.15, 0.2) is 0 Å². The average Bonchev–Trinajstić information content (AvgIpc) is 3.38. The molecule has 6 saturated carbocycles. The van der Waals surface area contributed by atoms with Crippen molar-refractivity contribution >= 4 is 18.6 Å². The van der Waals surface area contributed by atoms with Gasteiger partial charge in [-0.3, -0.25) is 0 Å². The van der Waals surface area contributed by atoms with E-state index >= 15 is 0 Å². The van der Waals surface area contributed by atoms with Gasteiger partial charge in [-0.15, -0.1) is 0 Å². The molecule has 0 N–H and O–H groups in total. The van der Waals surface area contributed by atoms with E-state index in [1.54, 1.807) is 19.3 Å². The van der Waals surface area contributed by atoms with E-state index in [2.05, 4.69) is 20.8 Å². The minimum atomic E-state index is -0.556. The van der Waals surface area contributed by atoms with Gasteiger partial charge in [-0.25, -0.2) is 0 Å². The number of fused-ring (bicyclic) bond motifs is 10. The Morgan fingerprint density at radius 3 is 2.00 bits per heavy atom. The van der Waals surface area contributed by atoms with Crippen molar-refractivity contribution in [1.29, 1.82) is 0 Å². The number of halogens is 2. The third-order valence-electron chi connectivity index (χ3n) is 10.0. The Kier molecular flexibility index (Phi) is 6.21. The fourth-order valence-corrected chi connectivity index (χ4v) is 8.57. The van der Waals surface area contributed by atoms with Crippen molar-refractivity contribution in [1.82, 2.24) is 0 Å². The van der Waals surface area contributed by atoms with Crippen LogP contribution in [0.4, 0.5) is 0 Å². The van der Waals surface area contributed by atoms with Crippen LogP contribution in [0.25, 0.3) is 0 Å². The summed E-state index contributed by atoms with van der Waals surface area (Å²) in [6.07, 6.45) is 16.7. The molecule has 6 aliphatic rings. The van der Waals surface area contributed by atoms with Gasteiger partial charge >= 0.3 is 35.6 Å². The van der Waals surface area contributed by atoms with Crippen LogP contribution < -0.4 is 0 Å². The normalized spacial score (nSPS) is 47.0. The van der Waals surface area contributed by atoms with Gasteiger partial charge in [0.25, 0.3) is 0 Å². The quantitative estimate of drug-likeness (QED) is 0.341. The Bertz CT molecular complexity index is 488. The fourth-order valence-electron chi connectivity index (χ4n) is 8.57. The molecule has 4 bridgehead atoms. The molecule has 2 radical (unpaired) electrons. The predicted molar refractivity (Wildman–Crippen MR) is 108 cm³/mol. The monoisotopic (exact) mass is 430 g/mol. The first-order chi connectivity index (χ1) is 12.4. The number of hydrogen-bond acceptors (Lipinski definition) is 0. The molecular formula is C23H36Cl2Ti. The first-order valence-electron chi connectivity index (χ1n) is 11.1. The van der Waals surface area contributed by atoms with E-state index in [1.807, 2.05) is 11.8 Å². The summed E-state index contributed by atoms with van der Waals surface area (Å²) in [4.78, 5) is 0. The predicted octanol–water partition coefficient (Wildman–Crippen LogP) is 7.98. The molecule has 6 atom stereocenters. The molecule has 6 unspecified atom stereocenters. The van der Waals surface area contributed by atoms with Gasteiger partial charge in [-0.1, -0.05) is 33.6 Å². The summed E-state index contributed by atoms with van der Waals surface area (Å²) in [5, 5.41) is 0. The topological polar surface area (TPSA) is 0 Å². The van der Waals surface area contributed by atoms with Gasteiger partial charge in [-0.2, -0.15) is 0 Å². The van der Waals surface area contributed by atoms with Crippen molar-refractivity contribution in [2.75, 3.05) is 0 Å². The zero-order chi connectivity index (χ0) is 18.5. The van der Waals surface area contributed by atoms with Gasteiger partial charge < -0.3 is 0 Å². The zero-order valence-electron chi connectivity index (χ0n) is 16.9. The number of rotatable bonds is 0. The van der Waals surface area contributed by atoms with E-state index < -0.39 is 17.0 Å². The van der Waals surface area contributed by atoms with E-state index in [1.165, 1.54) is 51.4 Å². The molecule has 0 aromatic carbocycles. The fraction of sp³-hybridized carbons (Fsp3) is 0.913. The Morgan fingerprint density at radius 2 is 1.42 bits per heavy atom. The van der Waals surface area contributed by atoms with Gasteiger partial charge in [0.15, 0.2) is 0 Å². The molecule has 0 amide bonds. The van der Waals surface area contributed by atoms with Gasteiger partial charge in [0.1, 0.15) is 0 Å². The molecule has 0 heterocycles. The van der Waals surface area contributed by atoms with E-state index in [9.17, 15) is 0 Å². The molecule has 6 aliphatic carbocycles. The first-order valence-corrected chi connectivity index (χ1v) is 15.4. The average molecular weight is 431 g/mol. The summed E-state index contributed by atoms with van der Waals surface area (Å²) in [5.74, 6) is 9.26. The Morgan fingerprint density at radius 1 is 0.808 bits per heavy atom. The van der Waals surface area contributed by atoms with E-state index in [4.69, 9.17) is 18.6 Å². The molecule has 3 heteroatoms. The van der Waals surface area contributed by atoms with Crippen LogP contribution in [-0.4, -0.2) is 0 Å². The SMILES string of the molecule is C1C[C]2[C](C1)C1CCC2C1.CC1(C)C2CCC1(C)C1CCCC21.[Cl][Ti][Cl]. The zero-order valence-corrected chi connectivity index (χ0v) is 20.0. The second-order valence-corrected chi connectivity index (χ2v) is 13.2. The van der Waals surface area contributed by atoms with Crippen molar-refractivity contribution in [3.05, 3.63) is 11.8 Å². The maximum absolute atomic E-state index is 4.89. The minimum absolute atomic E-state index is 0.556. The van der Waals surface area contributed by atoms with Crippen molar-refractivity contribution in [3.8, 4) is 0 Å². The summed E-state index contributed by atoms with van der Waals surface area (Å²) < 4.78 is 0. The first kappa shape index (κ1) is 20.6. The molecule has 0 aromatic rings. The van der Waals surface area contributed by atoms with E-state index in [0.29, 0.717) is 10.8 Å². The molecular weight excluding hydrogens is 395 g/mol. The summed E-state index contributed by atoms with van der Waals surface area (Å²) in [5.41, 5.74) is 1.36. The standard InChI is InChI=1S/C13H22.C10H14.2ClH.Ti/c1-12(2)10-7-8-13(12,3)11-6-4-5-9(10)11;1-2-9-7-4-5-8(6-7)10(9)3-1;;;/h9-11H,4-8H2,1-3H3;7-8H,1-6H2;2*1H;/q;;;;+2/p-2. The van der Waals surface area contributed by atoms with Crippen LogP contribution in [0.2, 0.25) is 0 Å². The molecule has 146 valence electrons. The van der Waals surface area contributed by atoms with Crippen molar-refractivity contribution in [3.63, 3.8) is 0 Å². The van der Waals surface area contributed by atoms with Crippen LogP contribution in [0.3, 0.4) is 0 Å². The van der Waals surface area contributed by atoms with Gasteiger partial charge in [-0.05, 0) is 110 Å². The Hall–Kier alpha value is 1.29. The third kappa shape index (κ3) is 3.11. The molecule has 6 fully saturated rings. The molecule has 0 spiro atoms. The van der Waals surface area contributed by atoms with Crippen molar-refractivity contribution in [2.24, 2.45) is 40.4 Å². The molecule has 0 aliphatic heterocycles. The van der Waals surface area contributed by atoms with E-state index in [0.717, 1.165) is 29.6 Å². The van der Waals surface area contributed by atoms with Crippen LogP contribution in [0.5, 0.6) is 0 Å². The molecule has 0 aromatic heterocycles. The summed E-state index contributed by atoms with van der Waals surface area (Å²) >= 11 is -0.556. The van der Waals surface area contributed by atoms with Crippen LogP contribution in [0.1, 0.15) is 91.4 Å². The molecule has 26 heavy (non-hydrogen) atoms. The Balaban J connectivity index is 0.000000115. The second kappa shape index (κ2) is 7.85. The van der Waals surface area contributed by atoms with Gasteiger partial charge in [0.2, 0.25) is 0 Å². The van der Waals surface area contributed by atoms with Crippen LogP contribution in [-0.2, 0) is 17.0 Å².